The van der Waals surface area contributed by atoms with Crippen molar-refractivity contribution in [3.63, 3.8) is 0 Å². The lowest BCUT2D eigenvalue weighted by Gasteiger charge is -2.42. The number of hydroxylamine groups is 1. The van der Waals surface area contributed by atoms with E-state index in [0.29, 0.717) is 13.0 Å². The number of amides is 1. The van der Waals surface area contributed by atoms with Crippen LogP contribution in [0.2, 0.25) is 0 Å². The lowest BCUT2D eigenvalue weighted by molar-refractivity contribution is -0.152. The molecule has 1 N–H and O–H groups in total. The molecule has 4 aliphatic heterocycles. The Morgan fingerprint density at radius 1 is 1.44 bits per heavy atom. The maximum Gasteiger partial charge on any atom is 0.264 e. The first kappa shape index (κ1) is 15.5. The minimum atomic E-state index is -0.928. The lowest BCUT2D eigenvalue weighted by atomic mass is 9.70. The quantitative estimate of drug-likeness (QED) is 0.883. The standard InChI is InChI=1S/C19H22N2O4/c1-3-12-15-10-9-25-17(16(15)22)19(8-13(10)20-12)11-6-4-5-7-14(11)21(24-2)18(19)23/h4-7,10,13,15-17,22H,3,8-9H2,1-2H3/t10?,13-,15?,16?,17?,19?/m1/s1. The number of nitrogens with zero attached hydrogens (tertiary/aromatic N) is 2. The number of hydrogen-bond acceptors (Lipinski definition) is 5. The van der Waals surface area contributed by atoms with E-state index in [2.05, 4.69) is 6.92 Å². The number of ether oxygens (including phenoxy) is 1. The van der Waals surface area contributed by atoms with Gasteiger partial charge in [-0.05, 0) is 24.5 Å². The number of benzene rings is 1. The molecule has 25 heavy (non-hydrogen) atoms. The summed E-state index contributed by atoms with van der Waals surface area (Å²) >= 11 is 0. The normalized spacial score (nSPS) is 41.2. The van der Waals surface area contributed by atoms with Crippen molar-refractivity contribution in [3.05, 3.63) is 29.8 Å². The van der Waals surface area contributed by atoms with Crippen molar-refractivity contribution in [1.29, 1.82) is 0 Å². The number of aliphatic imine (C=N–C) groups is 1. The molecule has 3 fully saturated rings. The fourth-order valence-corrected chi connectivity index (χ4v) is 5.54. The van der Waals surface area contributed by atoms with Gasteiger partial charge in [-0.25, -0.2) is 0 Å². The molecular weight excluding hydrogens is 320 g/mol. The van der Waals surface area contributed by atoms with Crippen molar-refractivity contribution in [2.24, 2.45) is 16.8 Å². The van der Waals surface area contributed by atoms with E-state index in [0.717, 1.165) is 23.4 Å². The first-order valence-corrected chi connectivity index (χ1v) is 8.98. The first-order valence-electron chi connectivity index (χ1n) is 8.98. The van der Waals surface area contributed by atoms with Crippen LogP contribution in [0.4, 0.5) is 5.69 Å². The third-order valence-electron chi connectivity index (χ3n) is 6.55. The average molecular weight is 342 g/mol. The average Bonchev–Trinajstić information content (AvgIpc) is 3.00. The minimum absolute atomic E-state index is 0.00434. The number of hydrogen-bond donors (Lipinski definition) is 1. The van der Waals surface area contributed by atoms with Crippen LogP contribution in [0.25, 0.3) is 0 Å². The van der Waals surface area contributed by atoms with Crippen LogP contribution >= 0.6 is 0 Å². The van der Waals surface area contributed by atoms with E-state index in [-0.39, 0.29) is 23.8 Å². The summed E-state index contributed by atoms with van der Waals surface area (Å²) in [6, 6.07) is 7.67. The fourth-order valence-electron chi connectivity index (χ4n) is 5.54. The van der Waals surface area contributed by atoms with Gasteiger partial charge in [-0.15, -0.1) is 0 Å². The number of aliphatic hydroxyl groups excluding tert-OH is 1. The molecule has 1 amide bonds. The predicted molar refractivity (Wildman–Crippen MR) is 91.5 cm³/mol. The summed E-state index contributed by atoms with van der Waals surface area (Å²) in [5.41, 5.74) is 1.77. The Balaban J connectivity index is 1.73. The van der Waals surface area contributed by atoms with Gasteiger partial charge in [-0.3, -0.25) is 14.6 Å². The van der Waals surface area contributed by atoms with E-state index < -0.39 is 17.6 Å². The van der Waals surface area contributed by atoms with E-state index in [1.165, 1.54) is 12.2 Å². The van der Waals surface area contributed by atoms with Crippen LogP contribution in [0.3, 0.4) is 0 Å². The van der Waals surface area contributed by atoms with Crippen LogP contribution < -0.4 is 5.06 Å². The van der Waals surface area contributed by atoms with Crippen molar-refractivity contribution in [2.45, 2.75) is 43.4 Å². The van der Waals surface area contributed by atoms with Gasteiger partial charge < -0.3 is 9.84 Å². The molecule has 5 aliphatic rings. The van der Waals surface area contributed by atoms with Crippen molar-refractivity contribution in [3.8, 4) is 0 Å². The smallest absolute Gasteiger partial charge is 0.264 e. The minimum Gasteiger partial charge on any atom is -0.390 e. The maximum absolute atomic E-state index is 13.4. The first-order chi connectivity index (χ1) is 12.1. The van der Waals surface area contributed by atoms with E-state index in [9.17, 15) is 9.90 Å². The Bertz CT molecular complexity index is 778. The highest BCUT2D eigenvalue weighted by Gasteiger charge is 2.67. The molecule has 1 aromatic carbocycles. The highest BCUT2D eigenvalue weighted by atomic mass is 16.7. The van der Waals surface area contributed by atoms with Crippen LogP contribution in [0.1, 0.15) is 25.3 Å². The molecule has 2 saturated heterocycles. The Labute approximate surface area is 146 Å². The number of aliphatic hydroxyl groups is 1. The second-order valence-corrected chi connectivity index (χ2v) is 7.45. The summed E-state index contributed by atoms with van der Waals surface area (Å²) in [6.45, 7) is 2.63. The fraction of sp³-hybridized carbons (Fsp3) is 0.579. The number of para-hydroxylation sites is 1. The molecule has 6 nitrogen and oxygen atoms in total. The van der Waals surface area contributed by atoms with E-state index >= 15 is 0 Å². The zero-order valence-electron chi connectivity index (χ0n) is 14.4. The Kier molecular flexibility index (Phi) is 3.18. The second kappa shape index (κ2) is 5.13. The lowest BCUT2D eigenvalue weighted by Crippen LogP contribution is -2.58. The van der Waals surface area contributed by atoms with Crippen LogP contribution in [0.15, 0.2) is 29.3 Å². The van der Waals surface area contributed by atoms with Crippen LogP contribution in [0, 0.1) is 11.8 Å². The number of anilines is 1. The number of rotatable bonds is 2. The van der Waals surface area contributed by atoms with Crippen molar-refractivity contribution in [1.82, 2.24) is 0 Å². The summed E-state index contributed by atoms with van der Waals surface area (Å²) in [4.78, 5) is 23.7. The van der Waals surface area contributed by atoms with Gasteiger partial charge in [0.05, 0.1) is 31.5 Å². The Morgan fingerprint density at radius 3 is 3.00 bits per heavy atom. The number of carbonyl (C=O) groups excluding carboxylic acids is 1. The van der Waals surface area contributed by atoms with E-state index in [1.54, 1.807) is 0 Å². The monoisotopic (exact) mass is 342 g/mol. The summed E-state index contributed by atoms with van der Waals surface area (Å²) in [5.74, 6) is 0.0171. The van der Waals surface area contributed by atoms with Gasteiger partial charge in [0.25, 0.3) is 5.91 Å². The molecule has 1 aromatic rings. The summed E-state index contributed by atoms with van der Waals surface area (Å²) < 4.78 is 6.12. The van der Waals surface area contributed by atoms with Crippen molar-refractivity contribution < 1.29 is 19.5 Å². The molecule has 1 saturated carbocycles. The molecule has 0 aromatic heterocycles. The van der Waals surface area contributed by atoms with Crippen LogP contribution in [-0.2, 0) is 19.8 Å². The molecule has 6 rings (SSSR count). The molecule has 6 atom stereocenters. The van der Waals surface area contributed by atoms with Crippen LogP contribution in [0.5, 0.6) is 0 Å². The van der Waals surface area contributed by atoms with Gasteiger partial charge >= 0.3 is 0 Å². The largest absolute Gasteiger partial charge is 0.390 e. The summed E-state index contributed by atoms with van der Waals surface area (Å²) in [5, 5.41) is 12.5. The van der Waals surface area contributed by atoms with Gasteiger partial charge in [0.2, 0.25) is 0 Å². The maximum atomic E-state index is 13.4. The molecule has 4 bridgehead atoms. The highest BCUT2D eigenvalue weighted by Crippen LogP contribution is 2.56. The highest BCUT2D eigenvalue weighted by molar-refractivity contribution is 6.07. The predicted octanol–water partition coefficient (Wildman–Crippen LogP) is 1.46. The van der Waals surface area contributed by atoms with Gasteiger partial charge in [0.1, 0.15) is 11.5 Å². The van der Waals surface area contributed by atoms with E-state index in [4.69, 9.17) is 14.6 Å². The van der Waals surface area contributed by atoms with Gasteiger partial charge in [0, 0.05) is 17.5 Å². The molecule has 5 unspecified atom stereocenters. The third kappa shape index (κ3) is 1.70. The Hall–Kier alpha value is -1.76. The molecule has 1 spiro atoms. The van der Waals surface area contributed by atoms with Gasteiger partial charge in [-0.1, -0.05) is 25.1 Å². The molecule has 4 heterocycles. The zero-order chi connectivity index (χ0) is 17.3. The Morgan fingerprint density at radius 2 is 2.24 bits per heavy atom. The van der Waals surface area contributed by atoms with Crippen LogP contribution in [-0.4, -0.2) is 48.7 Å². The summed E-state index contributed by atoms with van der Waals surface area (Å²) in [7, 11) is 1.50. The number of carbonyl (C=O) groups is 1. The third-order valence-corrected chi connectivity index (χ3v) is 6.55. The molecule has 0 radical (unpaired) electrons. The SMILES string of the molecule is CCC1=N[C@@H]2CC3(C(=O)N(OC)c4ccccc43)C3OCC2C1C3O. The molecule has 6 heteroatoms. The number of fused-ring (bicyclic) bond motifs is 2. The van der Waals surface area contributed by atoms with Gasteiger partial charge in [-0.2, -0.15) is 5.06 Å². The summed E-state index contributed by atoms with van der Waals surface area (Å²) in [6.07, 6.45) is 0.113. The molecule has 1 aliphatic carbocycles. The topological polar surface area (TPSA) is 71.4 Å². The van der Waals surface area contributed by atoms with E-state index in [1.807, 2.05) is 24.3 Å². The van der Waals surface area contributed by atoms with Gasteiger partial charge in [0.15, 0.2) is 0 Å². The van der Waals surface area contributed by atoms with Crippen molar-refractivity contribution in [2.75, 3.05) is 18.8 Å². The van der Waals surface area contributed by atoms with Crippen molar-refractivity contribution >= 4 is 17.3 Å². The zero-order valence-corrected chi connectivity index (χ0v) is 14.4. The second-order valence-electron chi connectivity index (χ2n) is 7.45. The molecular formula is C19H22N2O4. The molecule has 132 valence electrons.